The number of nitrogens with zero attached hydrogens (tertiary/aromatic N) is 3. The molecule has 1 aliphatic heterocycles. The van der Waals surface area contributed by atoms with E-state index in [2.05, 4.69) is 9.80 Å². The first-order valence-corrected chi connectivity index (χ1v) is 8.13. The summed E-state index contributed by atoms with van der Waals surface area (Å²) in [5.41, 5.74) is 5.50. The molecule has 1 aliphatic rings. The van der Waals surface area contributed by atoms with Crippen LogP contribution in [0, 0.1) is 0 Å². The van der Waals surface area contributed by atoms with E-state index in [1.165, 1.54) is 19.4 Å². The second-order valence-corrected chi connectivity index (χ2v) is 5.53. The van der Waals surface area contributed by atoms with E-state index in [-0.39, 0.29) is 5.91 Å². The SMILES string of the molecule is CCN(CC)C(=O)CN1CCN(CCCCCN)CC1. The Hall–Kier alpha value is -0.650. The minimum absolute atomic E-state index is 0.270. The normalized spacial score (nSPS) is 17.4. The molecule has 0 aromatic rings. The van der Waals surface area contributed by atoms with E-state index in [1.54, 1.807) is 0 Å². The van der Waals surface area contributed by atoms with Crippen molar-refractivity contribution in [2.45, 2.75) is 33.1 Å². The Balaban J connectivity index is 2.17. The minimum atomic E-state index is 0.270. The number of likely N-dealkylation sites (N-methyl/N-ethyl adjacent to an activating group) is 1. The molecule has 0 aliphatic carbocycles. The molecule has 1 fully saturated rings. The highest BCUT2D eigenvalue weighted by Gasteiger charge is 2.20. The van der Waals surface area contributed by atoms with Crippen LogP contribution in [0.2, 0.25) is 0 Å². The standard InChI is InChI=1S/C15H32N4O/c1-3-19(4-2)15(20)14-18-12-10-17(11-13-18)9-7-5-6-8-16/h3-14,16H2,1-2H3. The quantitative estimate of drug-likeness (QED) is 0.630. The third kappa shape index (κ3) is 6.20. The van der Waals surface area contributed by atoms with Gasteiger partial charge in [0.05, 0.1) is 6.54 Å². The first kappa shape index (κ1) is 17.4. The number of amides is 1. The number of rotatable bonds is 9. The molecule has 2 N–H and O–H groups in total. The van der Waals surface area contributed by atoms with Gasteiger partial charge in [-0.15, -0.1) is 0 Å². The fourth-order valence-corrected chi connectivity index (χ4v) is 2.70. The zero-order valence-corrected chi connectivity index (χ0v) is 13.3. The van der Waals surface area contributed by atoms with Crippen molar-refractivity contribution < 1.29 is 4.79 Å². The summed E-state index contributed by atoms with van der Waals surface area (Å²) in [5.74, 6) is 0.270. The first-order chi connectivity index (χ1) is 9.71. The van der Waals surface area contributed by atoms with Crippen LogP contribution in [0.5, 0.6) is 0 Å². The molecule has 0 unspecified atom stereocenters. The van der Waals surface area contributed by atoms with Gasteiger partial charge >= 0.3 is 0 Å². The summed E-state index contributed by atoms with van der Waals surface area (Å²) in [6, 6.07) is 0. The van der Waals surface area contributed by atoms with Gasteiger partial charge in [0.25, 0.3) is 0 Å². The van der Waals surface area contributed by atoms with Gasteiger partial charge in [-0.2, -0.15) is 0 Å². The predicted octanol–water partition coefficient (Wildman–Crippen LogP) is 0.601. The largest absolute Gasteiger partial charge is 0.342 e. The van der Waals surface area contributed by atoms with Gasteiger partial charge in [0.2, 0.25) is 5.91 Å². The number of piperazine rings is 1. The van der Waals surface area contributed by atoms with Gasteiger partial charge in [0.15, 0.2) is 0 Å². The van der Waals surface area contributed by atoms with E-state index < -0.39 is 0 Å². The molecule has 0 bridgehead atoms. The number of hydrogen-bond acceptors (Lipinski definition) is 4. The molecule has 5 nitrogen and oxygen atoms in total. The van der Waals surface area contributed by atoms with Crippen LogP contribution in [0.3, 0.4) is 0 Å². The van der Waals surface area contributed by atoms with Crippen LogP contribution >= 0.6 is 0 Å². The maximum absolute atomic E-state index is 12.1. The smallest absolute Gasteiger partial charge is 0.236 e. The van der Waals surface area contributed by atoms with Gasteiger partial charge < -0.3 is 15.5 Å². The highest BCUT2D eigenvalue weighted by atomic mass is 16.2. The zero-order chi connectivity index (χ0) is 14.8. The summed E-state index contributed by atoms with van der Waals surface area (Å²) in [6.45, 7) is 12.5. The molecular weight excluding hydrogens is 252 g/mol. The van der Waals surface area contributed by atoms with Gasteiger partial charge in [-0.05, 0) is 39.8 Å². The molecule has 1 heterocycles. The lowest BCUT2D eigenvalue weighted by atomic mass is 10.2. The molecule has 118 valence electrons. The average molecular weight is 284 g/mol. The van der Waals surface area contributed by atoms with Crippen LogP contribution in [0.4, 0.5) is 0 Å². The Labute approximate surface area is 124 Å². The van der Waals surface area contributed by atoms with Crippen LogP contribution in [0.25, 0.3) is 0 Å². The van der Waals surface area contributed by atoms with E-state index in [9.17, 15) is 4.79 Å². The molecule has 0 aromatic carbocycles. The second kappa shape index (κ2) is 10.1. The first-order valence-electron chi connectivity index (χ1n) is 8.13. The van der Waals surface area contributed by atoms with E-state index in [4.69, 9.17) is 5.73 Å². The third-order valence-corrected chi connectivity index (χ3v) is 4.12. The maximum atomic E-state index is 12.1. The molecule has 1 saturated heterocycles. The molecule has 1 amide bonds. The highest BCUT2D eigenvalue weighted by Crippen LogP contribution is 2.05. The van der Waals surface area contributed by atoms with Gasteiger partial charge in [-0.3, -0.25) is 9.69 Å². The van der Waals surface area contributed by atoms with Crippen LogP contribution in [0.1, 0.15) is 33.1 Å². The fourth-order valence-electron chi connectivity index (χ4n) is 2.70. The van der Waals surface area contributed by atoms with Crippen LogP contribution in [-0.4, -0.2) is 79.5 Å². The van der Waals surface area contributed by atoms with Crippen molar-refractivity contribution in [2.24, 2.45) is 5.73 Å². The van der Waals surface area contributed by atoms with Crippen molar-refractivity contribution in [1.29, 1.82) is 0 Å². The summed E-state index contributed by atoms with van der Waals surface area (Å²) < 4.78 is 0. The number of nitrogens with two attached hydrogens (primary N) is 1. The molecule has 0 saturated carbocycles. The van der Waals surface area contributed by atoms with Crippen molar-refractivity contribution in [3.05, 3.63) is 0 Å². The molecule has 0 radical (unpaired) electrons. The van der Waals surface area contributed by atoms with Crippen molar-refractivity contribution in [1.82, 2.24) is 14.7 Å². The van der Waals surface area contributed by atoms with E-state index in [0.717, 1.165) is 52.2 Å². The van der Waals surface area contributed by atoms with Crippen LogP contribution in [0.15, 0.2) is 0 Å². The monoisotopic (exact) mass is 284 g/mol. The summed E-state index contributed by atoms with van der Waals surface area (Å²) in [5, 5.41) is 0. The maximum Gasteiger partial charge on any atom is 0.236 e. The fraction of sp³-hybridized carbons (Fsp3) is 0.933. The van der Waals surface area contributed by atoms with E-state index >= 15 is 0 Å². The average Bonchev–Trinajstić information content (AvgIpc) is 2.46. The summed E-state index contributed by atoms with van der Waals surface area (Å²) in [6.07, 6.45) is 3.62. The lowest BCUT2D eigenvalue weighted by Gasteiger charge is -2.35. The topological polar surface area (TPSA) is 52.8 Å². The Morgan fingerprint density at radius 3 is 2.15 bits per heavy atom. The number of unbranched alkanes of at least 4 members (excludes halogenated alkanes) is 2. The lowest BCUT2D eigenvalue weighted by molar-refractivity contribution is -0.132. The van der Waals surface area contributed by atoms with Crippen LogP contribution < -0.4 is 5.73 Å². The van der Waals surface area contributed by atoms with Crippen LogP contribution in [-0.2, 0) is 4.79 Å². The van der Waals surface area contributed by atoms with Gasteiger partial charge in [-0.1, -0.05) is 6.42 Å². The Kier molecular flexibility index (Phi) is 8.82. The molecule has 0 atom stereocenters. The summed E-state index contributed by atoms with van der Waals surface area (Å²) >= 11 is 0. The second-order valence-electron chi connectivity index (χ2n) is 5.53. The number of hydrogen-bond donors (Lipinski definition) is 1. The predicted molar refractivity (Wildman–Crippen MR) is 83.7 cm³/mol. The highest BCUT2D eigenvalue weighted by molar-refractivity contribution is 5.78. The van der Waals surface area contributed by atoms with Gasteiger partial charge in [0.1, 0.15) is 0 Å². The van der Waals surface area contributed by atoms with E-state index in [0.29, 0.717) is 6.54 Å². The third-order valence-electron chi connectivity index (χ3n) is 4.12. The van der Waals surface area contributed by atoms with Crippen molar-refractivity contribution in [3.63, 3.8) is 0 Å². The molecular formula is C15H32N4O. The summed E-state index contributed by atoms with van der Waals surface area (Å²) in [7, 11) is 0. The lowest BCUT2D eigenvalue weighted by Crippen LogP contribution is -2.50. The molecule has 0 spiro atoms. The van der Waals surface area contributed by atoms with E-state index in [1.807, 2.05) is 18.7 Å². The van der Waals surface area contributed by atoms with Crippen molar-refractivity contribution in [2.75, 3.05) is 58.9 Å². The Morgan fingerprint density at radius 1 is 1.00 bits per heavy atom. The Morgan fingerprint density at radius 2 is 1.60 bits per heavy atom. The number of carbonyl (C=O) groups is 1. The van der Waals surface area contributed by atoms with Gasteiger partial charge in [-0.25, -0.2) is 0 Å². The minimum Gasteiger partial charge on any atom is -0.342 e. The Bertz CT molecular complexity index is 261. The van der Waals surface area contributed by atoms with Crippen molar-refractivity contribution >= 4 is 5.91 Å². The number of carbonyl (C=O) groups excluding carboxylic acids is 1. The molecule has 1 rings (SSSR count). The molecule has 20 heavy (non-hydrogen) atoms. The zero-order valence-electron chi connectivity index (χ0n) is 13.3. The molecule has 5 heteroatoms. The summed E-state index contributed by atoms with van der Waals surface area (Å²) in [4.78, 5) is 18.8. The molecule has 0 aromatic heterocycles. The van der Waals surface area contributed by atoms with Crippen molar-refractivity contribution in [3.8, 4) is 0 Å². The van der Waals surface area contributed by atoms with Gasteiger partial charge in [0, 0.05) is 39.3 Å².